The number of amides is 1. The summed E-state index contributed by atoms with van der Waals surface area (Å²) in [7, 11) is 0. The van der Waals surface area contributed by atoms with Crippen LogP contribution >= 0.6 is 11.8 Å². The van der Waals surface area contributed by atoms with Gasteiger partial charge in [0.15, 0.2) is 11.6 Å². The lowest BCUT2D eigenvalue weighted by Crippen LogP contribution is -2.14. The molecule has 1 N–H and O–H groups in total. The van der Waals surface area contributed by atoms with E-state index >= 15 is 0 Å². The second kappa shape index (κ2) is 7.05. The van der Waals surface area contributed by atoms with Crippen molar-refractivity contribution in [2.24, 2.45) is 0 Å². The topological polar surface area (TPSA) is 98.7 Å². The minimum Gasteiger partial charge on any atom is -0.360 e. The van der Waals surface area contributed by atoms with Crippen molar-refractivity contribution >= 4 is 23.5 Å². The van der Waals surface area contributed by atoms with E-state index in [0.29, 0.717) is 23.2 Å². The molecule has 0 saturated carbocycles. The van der Waals surface area contributed by atoms with Crippen molar-refractivity contribution in [1.82, 2.24) is 25.4 Å². The number of anilines is 1. The van der Waals surface area contributed by atoms with Crippen LogP contribution in [0, 0.1) is 6.92 Å². The number of nitrogens with zero attached hydrogens (tertiary/aromatic N) is 5. The summed E-state index contributed by atoms with van der Waals surface area (Å²) >= 11 is 1.42. The molecule has 0 atom stereocenters. The van der Waals surface area contributed by atoms with Crippen LogP contribution in [0.15, 0.2) is 40.9 Å². The Labute approximate surface area is 136 Å². The molecule has 0 saturated heterocycles. The second-order valence-electron chi connectivity index (χ2n) is 4.71. The molecule has 1 aromatic carbocycles. The zero-order valence-electron chi connectivity index (χ0n) is 12.3. The Morgan fingerprint density at radius 1 is 1.35 bits per heavy atom. The molecule has 0 spiro atoms. The number of thioether (sulfide) groups is 1. The van der Waals surface area contributed by atoms with Gasteiger partial charge in [0.25, 0.3) is 0 Å². The number of carbonyl (C=O) groups is 1. The van der Waals surface area contributed by atoms with Gasteiger partial charge in [-0.2, -0.15) is 4.68 Å². The van der Waals surface area contributed by atoms with Crippen LogP contribution in [0.4, 0.5) is 5.82 Å². The molecular weight excluding hydrogens is 316 g/mol. The SMILES string of the molecule is Cc1cc(NC(=O)CSCc2nnnn2-c2ccccc2)no1. The molecule has 0 unspecified atom stereocenters. The molecule has 0 aliphatic rings. The highest BCUT2D eigenvalue weighted by atomic mass is 32.2. The highest BCUT2D eigenvalue weighted by molar-refractivity contribution is 7.99. The molecule has 9 heteroatoms. The molecule has 118 valence electrons. The Balaban J connectivity index is 1.53. The van der Waals surface area contributed by atoms with E-state index in [0.717, 1.165) is 5.69 Å². The Kier molecular flexibility index (Phi) is 4.67. The number of hydrogen-bond acceptors (Lipinski definition) is 7. The third-order valence-electron chi connectivity index (χ3n) is 2.89. The van der Waals surface area contributed by atoms with E-state index in [9.17, 15) is 4.79 Å². The lowest BCUT2D eigenvalue weighted by atomic mass is 10.3. The van der Waals surface area contributed by atoms with Crippen molar-refractivity contribution in [3.05, 3.63) is 48.0 Å². The first-order valence-corrected chi connectivity index (χ1v) is 8.01. The van der Waals surface area contributed by atoms with Gasteiger partial charge in [0.05, 0.1) is 17.2 Å². The number of hydrogen-bond donors (Lipinski definition) is 1. The average Bonchev–Trinajstić information content (AvgIpc) is 3.17. The van der Waals surface area contributed by atoms with Crippen molar-refractivity contribution in [3.63, 3.8) is 0 Å². The van der Waals surface area contributed by atoms with Crippen molar-refractivity contribution in [2.75, 3.05) is 11.1 Å². The van der Waals surface area contributed by atoms with Gasteiger partial charge in [0.1, 0.15) is 5.76 Å². The van der Waals surface area contributed by atoms with Crippen molar-refractivity contribution in [3.8, 4) is 5.69 Å². The molecule has 0 aliphatic heterocycles. The zero-order chi connectivity index (χ0) is 16.1. The Hall–Kier alpha value is -2.68. The van der Waals surface area contributed by atoms with Gasteiger partial charge in [-0.1, -0.05) is 23.4 Å². The molecule has 2 heterocycles. The van der Waals surface area contributed by atoms with Gasteiger partial charge in [0, 0.05) is 6.07 Å². The summed E-state index contributed by atoms with van der Waals surface area (Å²) in [6.07, 6.45) is 0. The van der Waals surface area contributed by atoms with Gasteiger partial charge in [-0.05, 0) is 29.5 Å². The first kappa shape index (κ1) is 15.2. The largest absolute Gasteiger partial charge is 0.360 e. The number of para-hydroxylation sites is 1. The van der Waals surface area contributed by atoms with E-state index in [2.05, 4.69) is 26.0 Å². The molecular formula is C14H14N6O2S. The van der Waals surface area contributed by atoms with Gasteiger partial charge in [-0.3, -0.25) is 4.79 Å². The predicted octanol–water partition coefficient (Wildman–Crippen LogP) is 1.83. The number of benzene rings is 1. The molecule has 2 aromatic heterocycles. The highest BCUT2D eigenvalue weighted by Crippen LogP contribution is 2.14. The maximum atomic E-state index is 11.8. The van der Waals surface area contributed by atoms with Crippen molar-refractivity contribution < 1.29 is 9.32 Å². The molecule has 0 fully saturated rings. The number of tetrazole rings is 1. The van der Waals surface area contributed by atoms with Crippen LogP contribution < -0.4 is 5.32 Å². The third kappa shape index (κ3) is 3.95. The maximum Gasteiger partial charge on any atom is 0.235 e. The van der Waals surface area contributed by atoms with E-state index in [1.165, 1.54) is 11.8 Å². The summed E-state index contributed by atoms with van der Waals surface area (Å²) < 4.78 is 6.55. The number of aromatic nitrogens is 5. The van der Waals surface area contributed by atoms with Crippen LogP contribution in [0.3, 0.4) is 0 Å². The second-order valence-corrected chi connectivity index (χ2v) is 5.69. The maximum absolute atomic E-state index is 11.8. The van der Waals surface area contributed by atoms with Gasteiger partial charge >= 0.3 is 0 Å². The van der Waals surface area contributed by atoms with Gasteiger partial charge < -0.3 is 9.84 Å². The third-order valence-corrected chi connectivity index (χ3v) is 3.82. The Bertz CT molecular complexity index is 785. The van der Waals surface area contributed by atoms with Gasteiger partial charge in [-0.25, -0.2) is 0 Å². The number of carbonyl (C=O) groups excluding carboxylic acids is 1. The standard InChI is InChI=1S/C14H14N6O2S/c1-10-7-12(17-22-10)15-14(21)9-23-8-13-16-18-19-20(13)11-5-3-2-4-6-11/h2-7H,8-9H2,1H3,(H,15,17,21). The van der Waals surface area contributed by atoms with Crippen molar-refractivity contribution in [1.29, 1.82) is 0 Å². The fourth-order valence-corrected chi connectivity index (χ4v) is 2.63. The predicted molar refractivity (Wildman–Crippen MR) is 85.2 cm³/mol. The van der Waals surface area contributed by atoms with E-state index in [1.807, 2.05) is 30.3 Å². The summed E-state index contributed by atoms with van der Waals surface area (Å²) in [6, 6.07) is 11.3. The first-order valence-electron chi connectivity index (χ1n) is 6.86. The monoisotopic (exact) mass is 330 g/mol. The van der Waals surface area contributed by atoms with Crippen LogP contribution in [0.2, 0.25) is 0 Å². The Morgan fingerprint density at radius 2 is 2.17 bits per heavy atom. The molecule has 3 aromatic rings. The fraction of sp³-hybridized carbons (Fsp3) is 0.214. The normalized spacial score (nSPS) is 10.7. The molecule has 23 heavy (non-hydrogen) atoms. The lowest BCUT2D eigenvalue weighted by molar-refractivity contribution is -0.113. The minimum absolute atomic E-state index is 0.151. The highest BCUT2D eigenvalue weighted by Gasteiger charge is 2.10. The van der Waals surface area contributed by atoms with Gasteiger partial charge in [0.2, 0.25) is 5.91 Å². The van der Waals surface area contributed by atoms with E-state index < -0.39 is 0 Å². The summed E-state index contributed by atoms with van der Waals surface area (Å²) in [5, 5.41) is 18.0. The van der Waals surface area contributed by atoms with Crippen molar-refractivity contribution in [2.45, 2.75) is 12.7 Å². The number of aryl methyl sites for hydroxylation is 1. The quantitative estimate of drug-likeness (QED) is 0.736. The lowest BCUT2D eigenvalue weighted by Gasteiger charge is -2.04. The Morgan fingerprint density at radius 3 is 2.91 bits per heavy atom. The average molecular weight is 330 g/mol. The molecule has 8 nitrogen and oxygen atoms in total. The molecule has 0 radical (unpaired) electrons. The molecule has 0 bridgehead atoms. The van der Waals surface area contributed by atoms with Gasteiger partial charge in [-0.15, -0.1) is 16.9 Å². The van der Waals surface area contributed by atoms with E-state index in [1.54, 1.807) is 17.7 Å². The van der Waals surface area contributed by atoms with Crippen LogP contribution in [0.5, 0.6) is 0 Å². The van der Waals surface area contributed by atoms with Crippen LogP contribution in [0.1, 0.15) is 11.6 Å². The van der Waals surface area contributed by atoms with Crippen LogP contribution in [-0.4, -0.2) is 37.0 Å². The summed E-state index contributed by atoms with van der Waals surface area (Å²) in [4.78, 5) is 11.8. The first-order chi connectivity index (χ1) is 11.2. The van der Waals surface area contributed by atoms with E-state index in [4.69, 9.17) is 4.52 Å². The molecule has 0 aliphatic carbocycles. The molecule has 1 amide bonds. The fourth-order valence-electron chi connectivity index (χ4n) is 1.90. The van der Waals surface area contributed by atoms with Crippen LogP contribution in [-0.2, 0) is 10.5 Å². The smallest absolute Gasteiger partial charge is 0.235 e. The number of nitrogens with one attached hydrogen (secondary N) is 1. The molecule has 3 rings (SSSR count). The number of rotatable bonds is 6. The van der Waals surface area contributed by atoms with E-state index in [-0.39, 0.29) is 11.7 Å². The minimum atomic E-state index is -0.151. The summed E-state index contributed by atoms with van der Waals surface area (Å²) in [5.74, 6) is 2.39. The zero-order valence-corrected chi connectivity index (χ0v) is 13.2. The summed E-state index contributed by atoms with van der Waals surface area (Å²) in [6.45, 7) is 1.76. The summed E-state index contributed by atoms with van der Waals surface area (Å²) in [5.41, 5.74) is 0.885. The van der Waals surface area contributed by atoms with Crippen LogP contribution in [0.25, 0.3) is 5.69 Å².